The fourth-order valence-corrected chi connectivity index (χ4v) is 4.47. The number of carbonyl (C=O) groups is 4. The van der Waals surface area contributed by atoms with Crippen LogP contribution in [0.1, 0.15) is 44.2 Å². The number of amides is 3. The summed E-state index contributed by atoms with van der Waals surface area (Å²) < 4.78 is 0. The molecule has 4 atom stereocenters. The Morgan fingerprint density at radius 1 is 1.23 bits per heavy atom. The molecule has 1 aromatic heterocycles. The second kappa shape index (κ2) is 14.7. The standard InChI is InChI=1S/C22H37N7O5S/c1-35-10-7-16(27-19(30)15(24)5-2-3-8-23)20(31)28-17(11-14-12-25-13-26-14)21(32)29-9-4-6-18(29)22(33)34/h12-13,15-18H,2-11,23-24H2,1H3,(H,25,26)(H,27,30)(H,28,31)(H,33,34). The van der Waals surface area contributed by atoms with Gasteiger partial charge in [-0.25, -0.2) is 9.78 Å². The first-order valence-electron chi connectivity index (χ1n) is 11.8. The number of nitrogens with one attached hydrogen (secondary N) is 3. The van der Waals surface area contributed by atoms with Crippen LogP contribution in [0.5, 0.6) is 0 Å². The third-order valence-electron chi connectivity index (χ3n) is 5.96. The van der Waals surface area contributed by atoms with Crippen molar-refractivity contribution < 1.29 is 24.3 Å². The van der Waals surface area contributed by atoms with Crippen LogP contribution in [0.2, 0.25) is 0 Å². The molecule has 35 heavy (non-hydrogen) atoms. The van der Waals surface area contributed by atoms with Crippen LogP contribution < -0.4 is 22.1 Å². The van der Waals surface area contributed by atoms with Crippen molar-refractivity contribution in [1.82, 2.24) is 25.5 Å². The zero-order valence-electron chi connectivity index (χ0n) is 20.1. The summed E-state index contributed by atoms with van der Waals surface area (Å²) in [5.74, 6) is -1.91. The lowest BCUT2D eigenvalue weighted by Crippen LogP contribution is -2.57. The molecule has 4 unspecified atom stereocenters. The highest BCUT2D eigenvalue weighted by atomic mass is 32.2. The average Bonchev–Trinajstić information content (AvgIpc) is 3.53. The van der Waals surface area contributed by atoms with Crippen molar-refractivity contribution in [1.29, 1.82) is 0 Å². The number of nitrogens with zero attached hydrogens (tertiary/aromatic N) is 2. The highest BCUT2D eigenvalue weighted by molar-refractivity contribution is 7.98. The molecule has 0 aromatic carbocycles. The Hall–Kier alpha value is -2.64. The van der Waals surface area contributed by atoms with E-state index in [4.69, 9.17) is 11.5 Å². The van der Waals surface area contributed by atoms with Crippen LogP contribution in [-0.2, 0) is 25.6 Å². The topological polar surface area (TPSA) is 197 Å². The number of aromatic nitrogens is 2. The number of rotatable bonds is 15. The predicted octanol–water partition coefficient (Wildman–Crippen LogP) is -0.793. The van der Waals surface area contributed by atoms with Crippen molar-refractivity contribution in [2.24, 2.45) is 11.5 Å². The van der Waals surface area contributed by atoms with Gasteiger partial charge in [0.05, 0.1) is 12.4 Å². The molecule has 1 fully saturated rings. The first kappa shape index (κ1) is 28.6. The molecule has 1 aliphatic heterocycles. The van der Waals surface area contributed by atoms with Crippen LogP contribution in [0.15, 0.2) is 12.5 Å². The largest absolute Gasteiger partial charge is 0.480 e. The number of carboxylic acid groups (broad SMARTS) is 1. The van der Waals surface area contributed by atoms with Gasteiger partial charge in [0.25, 0.3) is 0 Å². The van der Waals surface area contributed by atoms with E-state index in [0.29, 0.717) is 56.6 Å². The Kier molecular flexibility index (Phi) is 12.0. The van der Waals surface area contributed by atoms with Crippen molar-refractivity contribution in [3.8, 4) is 0 Å². The summed E-state index contributed by atoms with van der Waals surface area (Å²) in [6.45, 7) is 0.814. The molecule has 1 saturated heterocycles. The monoisotopic (exact) mass is 511 g/mol. The van der Waals surface area contributed by atoms with Gasteiger partial charge in [0, 0.05) is 24.9 Å². The third-order valence-corrected chi connectivity index (χ3v) is 6.61. The summed E-state index contributed by atoms with van der Waals surface area (Å²) in [6.07, 6.45) is 8.18. The number of aliphatic carboxylic acids is 1. The Balaban J connectivity index is 2.14. The number of thioether (sulfide) groups is 1. The first-order chi connectivity index (χ1) is 16.8. The minimum atomic E-state index is -1.07. The second-order valence-electron chi connectivity index (χ2n) is 8.60. The Bertz CT molecular complexity index is 838. The van der Waals surface area contributed by atoms with Gasteiger partial charge in [-0.2, -0.15) is 11.8 Å². The van der Waals surface area contributed by atoms with Crippen molar-refractivity contribution in [3.05, 3.63) is 18.2 Å². The quantitative estimate of drug-likeness (QED) is 0.163. The van der Waals surface area contributed by atoms with Crippen LogP contribution in [-0.4, -0.2) is 92.9 Å². The molecule has 1 aliphatic rings. The highest BCUT2D eigenvalue weighted by Crippen LogP contribution is 2.19. The molecule has 8 N–H and O–H groups in total. The van der Waals surface area contributed by atoms with E-state index in [2.05, 4.69) is 20.6 Å². The normalized spacial score (nSPS) is 18.0. The summed E-state index contributed by atoms with van der Waals surface area (Å²) >= 11 is 1.52. The molecule has 2 rings (SSSR count). The lowest BCUT2D eigenvalue weighted by molar-refractivity contribution is -0.149. The number of carbonyl (C=O) groups excluding carboxylic acids is 3. The SMILES string of the molecule is CSCCC(NC(=O)C(N)CCCCN)C(=O)NC(Cc1cnc[nH]1)C(=O)N1CCCC1C(=O)O. The number of hydrogen-bond acceptors (Lipinski definition) is 8. The Morgan fingerprint density at radius 3 is 2.60 bits per heavy atom. The number of nitrogens with two attached hydrogens (primary N) is 2. The summed E-state index contributed by atoms with van der Waals surface area (Å²) in [5, 5.41) is 15.0. The van der Waals surface area contributed by atoms with Gasteiger partial charge in [-0.1, -0.05) is 6.42 Å². The van der Waals surface area contributed by atoms with Crippen LogP contribution in [0.3, 0.4) is 0 Å². The smallest absolute Gasteiger partial charge is 0.326 e. The van der Waals surface area contributed by atoms with Crippen LogP contribution in [0, 0.1) is 0 Å². The first-order valence-corrected chi connectivity index (χ1v) is 13.2. The zero-order chi connectivity index (χ0) is 25.8. The second-order valence-corrected chi connectivity index (χ2v) is 9.59. The van der Waals surface area contributed by atoms with Gasteiger partial charge in [-0.15, -0.1) is 0 Å². The summed E-state index contributed by atoms with van der Waals surface area (Å²) in [7, 11) is 0. The van der Waals surface area contributed by atoms with E-state index in [0.717, 1.165) is 6.42 Å². The van der Waals surface area contributed by atoms with Crippen molar-refractivity contribution in [2.45, 2.75) is 69.1 Å². The highest BCUT2D eigenvalue weighted by Gasteiger charge is 2.38. The van der Waals surface area contributed by atoms with Gasteiger partial charge < -0.3 is 37.1 Å². The van der Waals surface area contributed by atoms with E-state index in [-0.39, 0.29) is 6.42 Å². The lowest BCUT2D eigenvalue weighted by Gasteiger charge is -2.28. The van der Waals surface area contributed by atoms with Gasteiger partial charge in [-0.3, -0.25) is 14.4 Å². The number of hydrogen-bond donors (Lipinski definition) is 6. The molecule has 13 heteroatoms. The van der Waals surface area contributed by atoms with Gasteiger partial charge in [-0.05, 0) is 50.7 Å². The molecular weight excluding hydrogens is 474 g/mol. The van der Waals surface area contributed by atoms with E-state index >= 15 is 0 Å². The van der Waals surface area contributed by atoms with Crippen LogP contribution in [0.4, 0.5) is 0 Å². The molecule has 196 valence electrons. The van der Waals surface area contributed by atoms with E-state index in [1.54, 1.807) is 6.20 Å². The fourth-order valence-electron chi connectivity index (χ4n) is 4.00. The molecule has 0 saturated carbocycles. The van der Waals surface area contributed by atoms with E-state index in [1.165, 1.54) is 23.0 Å². The number of likely N-dealkylation sites (tertiary alicyclic amines) is 1. The molecule has 3 amide bonds. The van der Waals surface area contributed by atoms with Gasteiger partial charge in [0.2, 0.25) is 17.7 Å². The molecule has 2 heterocycles. The average molecular weight is 512 g/mol. The van der Waals surface area contributed by atoms with Gasteiger partial charge >= 0.3 is 5.97 Å². The van der Waals surface area contributed by atoms with Crippen LogP contribution >= 0.6 is 11.8 Å². The predicted molar refractivity (Wildman–Crippen MR) is 132 cm³/mol. The zero-order valence-corrected chi connectivity index (χ0v) is 20.9. The van der Waals surface area contributed by atoms with Crippen molar-refractivity contribution >= 4 is 35.5 Å². The molecule has 0 spiro atoms. The van der Waals surface area contributed by atoms with Gasteiger partial charge in [0.1, 0.15) is 18.1 Å². The molecule has 0 radical (unpaired) electrons. The Morgan fingerprint density at radius 2 is 1.97 bits per heavy atom. The van der Waals surface area contributed by atoms with Gasteiger partial charge in [0.15, 0.2) is 0 Å². The maximum atomic E-state index is 13.3. The third kappa shape index (κ3) is 8.82. The molecule has 12 nitrogen and oxygen atoms in total. The van der Waals surface area contributed by atoms with E-state index < -0.39 is 47.9 Å². The minimum Gasteiger partial charge on any atom is -0.480 e. The number of unbranched alkanes of at least 4 members (excludes halogenated alkanes) is 1. The molecule has 0 bridgehead atoms. The van der Waals surface area contributed by atoms with E-state index in [9.17, 15) is 24.3 Å². The fraction of sp³-hybridized carbons (Fsp3) is 0.682. The number of carboxylic acids is 1. The summed E-state index contributed by atoms with van der Waals surface area (Å²) in [4.78, 5) is 58.9. The molecule has 0 aliphatic carbocycles. The van der Waals surface area contributed by atoms with Crippen molar-refractivity contribution in [2.75, 3.05) is 25.1 Å². The Labute approximate surface area is 209 Å². The maximum Gasteiger partial charge on any atom is 0.326 e. The summed E-state index contributed by atoms with van der Waals surface area (Å²) in [6, 6.07) is -3.60. The van der Waals surface area contributed by atoms with Crippen LogP contribution in [0.25, 0.3) is 0 Å². The molecule has 1 aromatic rings. The number of imidazole rings is 1. The maximum absolute atomic E-state index is 13.3. The van der Waals surface area contributed by atoms with Crippen molar-refractivity contribution in [3.63, 3.8) is 0 Å². The lowest BCUT2D eigenvalue weighted by atomic mass is 10.1. The molecular formula is C22H37N7O5S. The summed E-state index contributed by atoms with van der Waals surface area (Å²) in [5.41, 5.74) is 12.1. The minimum absolute atomic E-state index is 0.106. The number of H-pyrrole nitrogens is 1. The van der Waals surface area contributed by atoms with E-state index in [1.807, 2.05) is 6.26 Å². The number of aromatic amines is 1.